The van der Waals surface area contributed by atoms with E-state index in [1.54, 1.807) is 0 Å². The number of ether oxygens (including phenoxy) is 3. The lowest BCUT2D eigenvalue weighted by Gasteiger charge is -2.18. The highest BCUT2D eigenvalue weighted by Crippen LogP contribution is 2.16. The molecule has 0 saturated carbocycles. The average molecular weight is 1020 g/mol. The first-order valence-electron chi connectivity index (χ1n) is 31.4. The van der Waals surface area contributed by atoms with Crippen LogP contribution in [0.1, 0.15) is 316 Å². The summed E-state index contributed by atoms with van der Waals surface area (Å²) in [5, 5.41) is 0. The summed E-state index contributed by atoms with van der Waals surface area (Å²) < 4.78 is 16.9. The van der Waals surface area contributed by atoms with Crippen molar-refractivity contribution in [1.82, 2.24) is 0 Å². The SMILES string of the molecule is CC/C=C\C/C=C\C/C=C\C/C=C\CCCCCCCCCCCCCCCCCCC(=O)OCC(COC(=O)CCCCCCC/C=C\CCCCCC)OC(=O)CCCCCCC/C=C\CCCCCC. The molecule has 0 heterocycles. The Bertz CT molecular complexity index is 1360. The van der Waals surface area contributed by atoms with Crippen LogP contribution in [0.2, 0.25) is 0 Å². The molecule has 0 aliphatic carbocycles. The van der Waals surface area contributed by atoms with Gasteiger partial charge < -0.3 is 14.2 Å². The van der Waals surface area contributed by atoms with E-state index in [0.717, 1.165) is 103 Å². The van der Waals surface area contributed by atoms with E-state index in [0.29, 0.717) is 19.3 Å². The van der Waals surface area contributed by atoms with E-state index >= 15 is 0 Å². The first kappa shape index (κ1) is 69.8. The van der Waals surface area contributed by atoms with Crippen LogP contribution in [-0.2, 0) is 28.6 Å². The van der Waals surface area contributed by atoms with Crippen LogP contribution in [0.15, 0.2) is 72.9 Å². The number of hydrogen-bond donors (Lipinski definition) is 0. The zero-order valence-corrected chi connectivity index (χ0v) is 48.4. The molecule has 0 saturated heterocycles. The quantitative estimate of drug-likeness (QED) is 0.0261. The summed E-state index contributed by atoms with van der Waals surface area (Å²) in [5.74, 6) is -0.884. The monoisotopic (exact) mass is 1020 g/mol. The molecule has 0 aromatic heterocycles. The topological polar surface area (TPSA) is 78.9 Å². The minimum absolute atomic E-state index is 0.0785. The summed E-state index contributed by atoms with van der Waals surface area (Å²) in [7, 11) is 0. The second-order valence-corrected chi connectivity index (χ2v) is 20.9. The van der Waals surface area contributed by atoms with Crippen molar-refractivity contribution < 1.29 is 28.6 Å². The van der Waals surface area contributed by atoms with E-state index in [4.69, 9.17) is 14.2 Å². The van der Waals surface area contributed by atoms with Crippen LogP contribution in [0, 0.1) is 0 Å². The summed E-state index contributed by atoms with van der Waals surface area (Å²) >= 11 is 0. The van der Waals surface area contributed by atoms with E-state index in [2.05, 4.69) is 93.7 Å². The van der Waals surface area contributed by atoms with Crippen molar-refractivity contribution in [3.8, 4) is 0 Å². The molecule has 0 spiro atoms. The maximum atomic E-state index is 12.8. The maximum absolute atomic E-state index is 12.8. The second kappa shape index (κ2) is 61.4. The van der Waals surface area contributed by atoms with Crippen LogP contribution in [0.5, 0.6) is 0 Å². The van der Waals surface area contributed by atoms with Gasteiger partial charge in [0, 0.05) is 19.3 Å². The maximum Gasteiger partial charge on any atom is 0.306 e. The smallest absolute Gasteiger partial charge is 0.306 e. The van der Waals surface area contributed by atoms with E-state index in [9.17, 15) is 14.4 Å². The van der Waals surface area contributed by atoms with Crippen LogP contribution in [0.25, 0.3) is 0 Å². The lowest BCUT2D eigenvalue weighted by molar-refractivity contribution is -0.167. The minimum atomic E-state index is -0.781. The highest BCUT2D eigenvalue weighted by molar-refractivity contribution is 5.71. The summed E-state index contributed by atoms with van der Waals surface area (Å²) in [4.78, 5) is 38.2. The molecule has 0 bridgehead atoms. The lowest BCUT2D eigenvalue weighted by atomic mass is 10.0. The molecule has 6 heteroatoms. The molecular formula is C67H118O6. The number of unbranched alkanes of at least 4 members (excludes halogenated alkanes) is 34. The molecule has 0 radical (unpaired) electrons. The Morgan fingerprint density at radius 3 is 0.849 bits per heavy atom. The zero-order chi connectivity index (χ0) is 52.9. The summed E-state index contributed by atoms with van der Waals surface area (Å²) in [6.45, 7) is 6.51. The fourth-order valence-corrected chi connectivity index (χ4v) is 8.95. The predicted molar refractivity (Wildman–Crippen MR) is 316 cm³/mol. The van der Waals surface area contributed by atoms with Gasteiger partial charge in [0.1, 0.15) is 13.2 Å². The first-order chi connectivity index (χ1) is 36.0. The fraction of sp³-hybridized carbons (Fsp3) is 0.776. The number of carbonyl (C=O) groups excluding carboxylic acids is 3. The highest BCUT2D eigenvalue weighted by atomic mass is 16.6. The van der Waals surface area contributed by atoms with Crippen molar-refractivity contribution in [2.24, 2.45) is 0 Å². The van der Waals surface area contributed by atoms with Gasteiger partial charge in [0.2, 0.25) is 0 Å². The van der Waals surface area contributed by atoms with Crippen molar-refractivity contribution in [3.05, 3.63) is 72.9 Å². The van der Waals surface area contributed by atoms with Crippen LogP contribution >= 0.6 is 0 Å². The Labute approximate surface area is 453 Å². The van der Waals surface area contributed by atoms with Gasteiger partial charge in [-0.15, -0.1) is 0 Å². The molecule has 1 atom stereocenters. The van der Waals surface area contributed by atoms with Crippen molar-refractivity contribution in [2.75, 3.05) is 13.2 Å². The largest absolute Gasteiger partial charge is 0.462 e. The van der Waals surface area contributed by atoms with E-state index < -0.39 is 6.10 Å². The van der Waals surface area contributed by atoms with Crippen molar-refractivity contribution >= 4 is 17.9 Å². The van der Waals surface area contributed by atoms with Gasteiger partial charge in [0.15, 0.2) is 6.10 Å². The fourth-order valence-electron chi connectivity index (χ4n) is 8.95. The molecule has 0 amide bonds. The molecule has 0 aliphatic heterocycles. The Morgan fingerprint density at radius 1 is 0.288 bits per heavy atom. The number of hydrogen-bond acceptors (Lipinski definition) is 6. The van der Waals surface area contributed by atoms with Gasteiger partial charge in [0.25, 0.3) is 0 Å². The molecule has 0 aromatic rings. The number of esters is 3. The summed E-state index contributed by atoms with van der Waals surface area (Å²) in [5.41, 5.74) is 0. The molecule has 6 nitrogen and oxygen atoms in total. The Hall–Kier alpha value is -3.15. The van der Waals surface area contributed by atoms with Gasteiger partial charge in [-0.1, -0.05) is 261 Å². The molecule has 422 valence electrons. The van der Waals surface area contributed by atoms with Gasteiger partial charge in [-0.2, -0.15) is 0 Å². The first-order valence-corrected chi connectivity index (χ1v) is 31.4. The van der Waals surface area contributed by atoms with E-state index in [1.807, 2.05) is 0 Å². The average Bonchev–Trinajstić information content (AvgIpc) is 3.39. The van der Waals surface area contributed by atoms with Crippen molar-refractivity contribution in [1.29, 1.82) is 0 Å². The molecule has 0 aliphatic rings. The van der Waals surface area contributed by atoms with Crippen LogP contribution in [0.3, 0.4) is 0 Å². The van der Waals surface area contributed by atoms with E-state index in [-0.39, 0.29) is 31.1 Å². The Kier molecular flexibility index (Phi) is 58.7. The zero-order valence-electron chi connectivity index (χ0n) is 48.4. The second-order valence-electron chi connectivity index (χ2n) is 20.9. The van der Waals surface area contributed by atoms with Crippen molar-refractivity contribution in [2.45, 2.75) is 322 Å². The lowest BCUT2D eigenvalue weighted by Crippen LogP contribution is -2.30. The number of allylic oxidation sites excluding steroid dienone is 12. The molecule has 0 rings (SSSR count). The van der Waals surface area contributed by atoms with Crippen molar-refractivity contribution in [3.63, 3.8) is 0 Å². The number of carbonyl (C=O) groups is 3. The predicted octanol–water partition coefficient (Wildman–Crippen LogP) is 21.3. The molecule has 73 heavy (non-hydrogen) atoms. The molecule has 0 fully saturated rings. The van der Waals surface area contributed by atoms with Crippen LogP contribution < -0.4 is 0 Å². The van der Waals surface area contributed by atoms with E-state index in [1.165, 1.54) is 173 Å². The Morgan fingerprint density at radius 2 is 0.534 bits per heavy atom. The summed E-state index contributed by atoms with van der Waals surface area (Å²) in [6.07, 6.45) is 79.2. The Balaban J connectivity index is 4.17. The van der Waals surface area contributed by atoms with Gasteiger partial charge in [-0.3, -0.25) is 14.4 Å². The molecule has 1 unspecified atom stereocenters. The minimum Gasteiger partial charge on any atom is -0.462 e. The van der Waals surface area contributed by atoms with Crippen LogP contribution in [-0.4, -0.2) is 37.2 Å². The van der Waals surface area contributed by atoms with Gasteiger partial charge >= 0.3 is 17.9 Å². The molecule has 0 N–H and O–H groups in total. The van der Waals surface area contributed by atoms with Gasteiger partial charge in [-0.05, 0) is 109 Å². The van der Waals surface area contributed by atoms with Crippen LogP contribution in [0.4, 0.5) is 0 Å². The number of rotatable bonds is 57. The molecular weight excluding hydrogens is 901 g/mol. The highest BCUT2D eigenvalue weighted by Gasteiger charge is 2.19. The summed E-state index contributed by atoms with van der Waals surface area (Å²) in [6, 6.07) is 0. The third-order valence-corrected chi connectivity index (χ3v) is 13.7. The molecule has 0 aromatic carbocycles. The normalized spacial score (nSPS) is 12.5. The standard InChI is InChI=1S/C67H118O6/c1-4-7-10-13-16-19-22-25-26-27-28-29-30-31-32-33-34-35-36-37-38-39-40-43-45-48-51-54-57-60-66(69)72-63-64(73-67(70)61-58-55-52-49-46-42-24-21-18-15-12-9-6-3)62-71-65(68)59-56-53-50-47-44-41-23-20-17-14-11-8-5-2/h7,10,16,19-21,23-26,28-29,64H,4-6,8-9,11-15,17-18,22,27,30-63H2,1-3H3/b10-7-,19-16-,23-20-,24-21-,26-25-,29-28-. The van der Waals surface area contributed by atoms with Gasteiger partial charge in [0.05, 0.1) is 0 Å². The third kappa shape index (κ3) is 59.6. The third-order valence-electron chi connectivity index (χ3n) is 13.7. The van der Waals surface area contributed by atoms with Gasteiger partial charge in [-0.25, -0.2) is 0 Å².